The molecule has 2 aromatic carbocycles. The third-order valence-corrected chi connectivity index (χ3v) is 4.58. The van der Waals surface area contributed by atoms with E-state index in [1.165, 1.54) is 12.1 Å². The molecule has 0 heterocycles. The molecule has 0 amide bonds. The molecule has 4 N–H and O–H groups in total. The third kappa shape index (κ3) is 1.77. The van der Waals surface area contributed by atoms with E-state index in [9.17, 15) is 9.59 Å². The number of benzene rings is 2. The number of hydrogen-bond acceptors (Lipinski definition) is 4. The minimum absolute atomic E-state index is 0.0213. The molecule has 0 unspecified atom stereocenters. The highest BCUT2D eigenvalue weighted by Gasteiger charge is 2.36. The van der Waals surface area contributed by atoms with E-state index in [1.807, 2.05) is 0 Å². The van der Waals surface area contributed by atoms with Gasteiger partial charge in [0.1, 0.15) is 0 Å². The Balaban J connectivity index is 2.47. The van der Waals surface area contributed by atoms with Gasteiger partial charge in [0, 0.05) is 5.56 Å². The normalized spacial score (nSPS) is 13.1. The van der Waals surface area contributed by atoms with Crippen molar-refractivity contribution in [2.45, 2.75) is 0 Å². The molecule has 0 spiro atoms. The number of fused-ring (bicyclic) bond motifs is 2. The quantitative estimate of drug-likeness (QED) is 0.612. The van der Waals surface area contributed by atoms with E-state index in [4.69, 9.17) is 46.3 Å². The van der Waals surface area contributed by atoms with E-state index in [0.717, 1.165) is 0 Å². The van der Waals surface area contributed by atoms with Crippen LogP contribution >= 0.6 is 34.8 Å². The van der Waals surface area contributed by atoms with Gasteiger partial charge in [-0.2, -0.15) is 0 Å². The van der Waals surface area contributed by atoms with Gasteiger partial charge in [-0.05, 0) is 6.07 Å². The molecule has 21 heavy (non-hydrogen) atoms. The summed E-state index contributed by atoms with van der Waals surface area (Å²) in [5.41, 5.74) is 11.7. The molecule has 3 rings (SSSR count). The molecule has 4 nitrogen and oxygen atoms in total. The summed E-state index contributed by atoms with van der Waals surface area (Å²) in [5.74, 6) is -0.950. The molecule has 1 aliphatic carbocycles. The standard InChI is InChI=1S/C14H7Cl3N2O2/c15-5-3-1-2-4-6(5)14(21)7-8(13(4)20)11(18)12(19)10(17)9(7)16/h1-3H,18-19H2. The molecule has 0 aromatic heterocycles. The Labute approximate surface area is 134 Å². The zero-order chi connectivity index (χ0) is 15.5. The fourth-order valence-electron chi connectivity index (χ4n) is 2.38. The number of nitrogens with two attached hydrogens (primary N) is 2. The Hall–Kier alpha value is -1.75. The summed E-state index contributed by atoms with van der Waals surface area (Å²) in [6.07, 6.45) is 0. The summed E-state index contributed by atoms with van der Waals surface area (Å²) in [4.78, 5) is 25.2. The molecule has 0 saturated carbocycles. The Morgan fingerprint density at radius 2 is 1.43 bits per heavy atom. The lowest BCUT2D eigenvalue weighted by Crippen LogP contribution is -2.24. The summed E-state index contributed by atoms with van der Waals surface area (Å²) in [6, 6.07) is 4.60. The van der Waals surface area contributed by atoms with Crippen molar-refractivity contribution in [3.63, 3.8) is 0 Å². The Morgan fingerprint density at radius 1 is 0.762 bits per heavy atom. The number of ketones is 2. The number of halogens is 3. The summed E-state index contributed by atoms with van der Waals surface area (Å²) < 4.78 is 0. The smallest absolute Gasteiger partial charge is 0.197 e. The maximum absolute atomic E-state index is 12.6. The van der Waals surface area contributed by atoms with E-state index >= 15 is 0 Å². The average Bonchev–Trinajstić information content (AvgIpc) is 2.46. The Kier molecular flexibility index (Phi) is 3.13. The van der Waals surface area contributed by atoms with Crippen LogP contribution < -0.4 is 11.5 Å². The average molecular weight is 342 g/mol. The highest BCUT2D eigenvalue weighted by atomic mass is 35.5. The molecule has 0 radical (unpaired) electrons. The summed E-state index contributed by atoms with van der Waals surface area (Å²) in [5, 5.41) is 0.0194. The van der Waals surface area contributed by atoms with Crippen LogP contribution in [0.5, 0.6) is 0 Å². The second-order valence-electron chi connectivity index (χ2n) is 4.53. The van der Waals surface area contributed by atoms with E-state index in [1.54, 1.807) is 6.07 Å². The largest absolute Gasteiger partial charge is 0.396 e. The lowest BCUT2D eigenvalue weighted by Gasteiger charge is -2.22. The summed E-state index contributed by atoms with van der Waals surface area (Å²) >= 11 is 18.1. The number of rotatable bonds is 0. The maximum Gasteiger partial charge on any atom is 0.197 e. The molecule has 106 valence electrons. The zero-order valence-electron chi connectivity index (χ0n) is 10.3. The molecule has 0 bridgehead atoms. The first-order valence-corrected chi connectivity index (χ1v) is 6.93. The van der Waals surface area contributed by atoms with Gasteiger partial charge in [0.05, 0.1) is 43.1 Å². The molecule has 0 saturated heterocycles. The monoisotopic (exact) mass is 340 g/mol. The Morgan fingerprint density at radius 3 is 2.10 bits per heavy atom. The van der Waals surface area contributed by atoms with Crippen LogP contribution in [0.4, 0.5) is 11.4 Å². The summed E-state index contributed by atoms with van der Waals surface area (Å²) in [7, 11) is 0. The molecular formula is C14H7Cl3N2O2. The molecule has 0 aliphatic heterocycles. The van der Waals surface area contributed by atoms with Crippen LogP contribution in [-0.4, -0.2) is 11.6 Å². The van der Waals surface area contributed by atoms with Crippen LogP contribution in [0.1, 0.15) is 31.8 Å². The fourth-order valence-corrected chi connectivity index (χ4v) is 3.12. The highest BCUT2D eigenvalue weighted by Crippen LogP contribution is 2.44. The van der Waals surface area contributed by atoms with E-state index in [2.05, 4.69) is 0 Å². The van der Waals surface area contributed by atoms with Crippen molar-refractivity contribution in [1.29, 1.82) is 0 Å². The minimum atomic E-state index is -0.496. The second kappa shape index (κ2) is 4.63. The SMILES string of the molecule is Nc1c(N)c2c(c(Cl)c1Cl)C(=O)c1c(Cl)cccc1C2=O. The molecule has 0 fully saturated rings. The van der Waals surface area contributed by atoms with Crippen LogP contribution in [-0.2, 0) is 0 Å². The van der Waals surface area contributed by atoms with Crippen LogP contribution in [0, 0.1) is 0 Å². The highest BCUT2D eigenvalue weighted by molar-refractivity contribution is 6.49. The first-order valence-electron chi connectivity index (χ1n) is 5.80. The lowest BCUT2D eigenvalue weighted by atomic mass is 9.82. The number of carbonyl (C=O) groups is 2. The topological polar surface area (TPSA) is 86.2 Å². The van der Waals surface area contributed by atoms with Crippen molar-refractivity contribution in [1.82, 2.24) is 0 Å². The zero-order valence-corrected chi connectivity index (χ0v) is 12.6. The van der Waals surface area contributed by atoms with Crippen molar-refractivity contribution < 1.29 is 9.59 Å². The predicted octanol–water partition coefficient (Wildman–Crippen LogP) is 3.59. The van der Waals surface area contributed by atoms with Gasteiger partial charge in [0.2, 0.25) is 0 Å². The van der Waals surface area contributed by atoms with E-state index < -0.39 is 11.6 Å². The van der Waals surface area contributed by atoms with Crippen LogP contribution in [0.25, 0.3) is 0 Å². The number of carbonyl (C=O) groups excluding carboxylic acids is 2. The van der Waals surface area contributed by atoms with Gasteiger partial charge in [-0.15, -0.1) is 0 Å². The first kappa shape index (κ1) is 14.2. The van der Waals surface area contributed by atoms with E-state index in [-0.39, 0.29) is 48.7 Å². The van der Waals surface area contributed by atoms with Gasteiger partial charge in [0.15, 0.2) is 11.6 Å². The van der Waals surface area contributed by atoms with Crippen molar-refractivity contribution >= 4 is 57.7 Å². The van der Waals surface area contributed by atoms with Crippen molar-refractivity contribution in [3.05, 3.63) is 55.5 Å². The maximum atomic E-state index is 12.6. The van der Waals surface area contributed by atoms with Gasteiger partial charge >= 0.3 is 0 Å². The summed E-state index contributed by atoms with van der Waals surface area (Å²) in [6.45, 7) is 0. The van der Waals surface area contributed by atoms with E-state index in [0.29, 0.717) is 0 Å². The molecule has 1 aliphatic rings. The lowest BCUT2D eigenvalue weighted by molar-refractivity contribution is 0.0980. The second-order valence-corrected chi connectivity index (χ2v) is 5.69. The van der Waals surface area contributed by atoms with Crippen molar-refractivity contribution in [2.24, 2.45) is 0 Å². The van der Waals surface area contributed by atoms with Crippen LogP contribution in [0.15, 0.2) is 18.2 Å². The van der Waals surface area contributed by atoms with Gasteiger partial charge < -0.3 is 11.5 Å². The molecular weight excluding hydrogens is 335 g/mol. The fraction of sp³-hybridized carbons (Fsp3) is 0. The van der Waals surface area contributed by atoms with Gasteiger partial charge in [-0.3, -0.25) is 9.59 Å². The van der Waals surface area contributed by atoms with Gasteiger partial charge in [-0.1, -0.05) is 46.9 Å². The Bertz CT molecular complexity index is 847. The number of nitrogen functional groups attached to an aromatic ring is 2. The van der Waals surface area contributed by atoms with Crippen LogP contribution in [0.3, 0.4) is 0 Å². The molecule has 7 heteroatoms. The molecule has 0 atom stereocenters. The minimum Gasteiger partial charge on any atom is -0.396 e. The number of hydrogen-bond donors (Lipinski definition) is 2. The first-order chi connectivity index (χ1) is 9.86. The van der Waals surface area contributed by atoms with Crippen molar-refractivity contribution in [2.75, 3.05) is 11.5 Å². The molecule has 2 aromatic rings. The third-order valence-electron chi connectivity index (χ3n) is 3.40. The number of anilines is 2. The van der Waals surface area contributed by atoms with Gasteiger partial charge in [0.25, 0.3) is 0 Å². The van der Waals surface area contributed by atoms with Crippen molar-refractivity contribution in [3.8, 4) is 0 Å². The predicted molar refractivity (Wildman–Crippen MR) is 83.6 cm³/mol. The van der Waals surface area contributed by atoms with Gasteiger partial charge in [-0.25, -0.2) is 0 Å². The van der Waals surface area contributed by atoms with Crippen LogP contribution in [0.2, 0.25) is 15.1 Å².